The molecule has 0 spiro atoms. The van der Waals surface area contributed by atoms with Gasteiger partial charge in [-0.1, -0.05) is 5.16 Å². The summed E-state index contributed by atoms with van der Waals surface area (Å²) in [6.07, 6.45) is 0. The minimum Gasteiger partial charge on any atom is -0.337 e. The molecule has 0 fully saturated rings. The lowest BCUT2D eigenvalue weighted by Crippen LogP contribution is -2.23. The number of anilines is 1. The van der Waals surface area contributed by atoms with Gasteiger partial charge >= 0.3 is 0 Å². The average Bonchev–Trinajstić information content (AvgIpc) is 2.48. The third kappa shape index (κ3) is 2.27. The number of rotatable bonds is 3. The predicted octanol–water partition coefficient (Wildman–Crippen LogP) is 0.945. The molecule has 0 saturated heterocycles. The van der Waals surface area contributed by atoms with Gasteiger partial charge in [-0.3, -0.25) is 0 Å². The largest absolute Gasteiger partial charge is 0.337 e. The van der Waals surface area contributed by atoms with Crippen LogP contribution in [-0.2, 0) is 10.0 Å². The van der Waals surface area contributed by atoms with Crippen LogP contribution in [0.1, 0.15) is 18.2 Å². The molecular weight excluding hydrogens is 218 g/mol. The van der Waals surface area contributed by atoms with E-state index in [0.717, 1.165) is 0 Å². The van der Waals surface area contributed by atoms with Crippen molar-refractivity contribution in [1.29, 1.82) is 5.26 Å². The number of aromatic nitrogens is 1. The third-order valence-electron chi connectivity index (χ3n) is 2.04. The molecule has 7 heteroatoms. The molecule has 1 aromatic heterocycles. The molecule has 82 valence electrons. The molecule has 1 atom stereocenters. The van der Waals surface area contributed by atoms with Gasteiger partial charge in [-0.25, -0.2) is 13.1 Å². The number of aryl methyl sites for hydroxylation is 1. The molecule has 0 radical (unpaired) electrons. The average molecular weight is 229 g/mol. The topological polar surface area (TPSA) is 96.0 Å². The van der Waals surface area contributed by atoms with E-state index in [1.54, 1.807) is 19.9 Å². The maximum Gasteiger partial charge on any atom is 0.251 e. The monoisotopic (exact) mass is 229 g/mol. The summed E-state index contributed by atoms with van der Waals surface area (Å²) in [6, 6.07) is 1.64. The summed E-state index contributed by atoms with van der Waals surface area (Å²) in [5, 5.41) is 11.0. The number of sulfonamides is 1. The van der Waals surface area contributed by atoms with Crippen molar-refractivity contribution >= 4 is 15.9 Å². The molecule has 0 aliphatic rings. The summed E-state index contributed by atoms with van der Waals surface area (Å²) >= 11 is 0. The molecule has 0 aromatic carbocycles. The molecule has 1 aromatic rings. The quantitative estimate of drug-likeness (QED) is 0.832. The van der Waals surface area contributed by atoms with Gasteiger partial charge in [0.2, 0.25) is 5.88 Å². The van der Waals surface area contributed by atoms with Gasteiger partial charge in [0.05, 0.1) is 11.8 Å². The summed E-state index contributed by atoms with van der Waals surface area (Å²) < 4.78 is 29.9. The Balaban J connectivity index is 2.98. The van der Waals surface area contributed by atoms with Gasteiger partial charge < -0.3 is 4.52 Å². The van der Waals surface area contributed by atoms with Crippen LogP contribution >= 0.6 is 0 Å². The number of nitrogens with one attached hydrogen (secondary N) is 1. The predicted molar refractivity (Wildman–Crippen MR) is 53.6 cm³/mol. The van der Waals surface area contributed by atoms with E-state index >= 15 is 0 Å². The Morgan fingerprint density at radius 1 is 1.53 bits per heavy atom. The summed E-state index contributed by atoms with van der Waals surface area (Å²) in [6.45, 7) is 4.67. The van der Waals surface area contributed by atoms with Crippen LogP contribution in [0.4, 0.5) is 5.88 Å². The zero-order chi connectivity index (χ0) is 11.6. The first-order valence-electron chi connectivity index (χ1n) is 4.22. The van der Waals surface area contributed by atoms with E-state index in [-0.39, 0.29) is 5.88 Å². The molecule has 6 nitrogen and oxygen atoms in total. The Labute approximate surface area is 87.9 Å². The molecule has 0 aliphatic heterocycles. The molecule has 1 N–H and O–H groups in total. The van der Waals surface area contributed by atoms with E-state index in [0.29, 0.717) is 11.3 Å². The van der Waals surface area contributed by atoms with Crippen LogP contribution in [0.3, 0.4) is 0 Å². The van der Waals surface area contributed by atoms with Crippen molar-refractivity contribution in [3.8, 4) is 6.07 Å². The fourth-order valence-electron chi connectivity index (χ4n) is 0.798. The first-order chi connectivity index (χ1) is 6.88. The second-order valence-electron chi connectivity index (χ2n) is 3.14. The third-order valence-corrected chi connectivity index (χ3v) is 3.55. The van der Waals surface area contributed by atoms with E-state index in [4.69, 9.17) is 9.78 Å². The normalized spacial score (nSPS) is 13.2. The van der Waals surface area contributed by atoms with Crippen molar-refractivity contribution in [3.63, 3.8) is 0 Å². The standard InChI is InChI=1S/C8H11N3O3S/c1-5(4-9)15(12,13)11-8-6(2)7(3)10-14-8/h5,11H,1-3H3. The van der Waals surface area contributed by atoms with Crippen molar-refractivity contribution in [2.75, 3.05) is 4.72 Å². The highest BCUT2D eigenvalue weighted by Gasteiger charge is 2.23. The van der Waals surface area contributed by atoms with Crippen LogP contribution in [0.5, 0.6) is 0 Å². The van der Waals surface area contributed by atoms with Gasteiger partial charge in [-0.05, 0) is 20.8 Å². The van der Waals surface area contributed by atoms with Gasteiger partial charge in [0, 0.05) is 5.56 Å². The molecule has 15 heavy (non-hydrogen) atoms. The Morgan fingerprint density at radius 2 is 2.13 bits per heavy atom. The van der Waals surface area contributed by atoms with Crippen LogP contribution in [0, 0.1) is 25.2 Å². The van der Waals surface area contributed by atoms with Gasteiger partial charge in [-0.15, -0.1) is 0 Å². The molecule has 0 amide bonds. The highest BCUT2D eigenvalue weighted by molar-refractivity contribution is 7.93. The van der Waals surface area contributed by atoms with E-state index in [1.165, 1.54) is 6.92 Å². The lowest BCUT2D eigenvalue weighted by Gasteiger charge is -2.05. The number of hydrogen-bond acceptors (Lipinski definition) is 5. The second-order valence-corrected chi connectivity index (χ2v) is 5.14. The van der Waals surface area contributed by atoms with Crippen LogP contribution in [0.25, 0.3) is 0 Å². The zero-order valence-corrected chi connectivity index (χ0v) is 9.42. The van der Waals surface area contributed by atoms with Crippen molar-refractivity contribution < 1.29 is 12.9 Å². The summed E-state index contributed by atoms with van der Waals surface area (Å²) in [5.74, 6) is 0.0644. The van der Waals surface area contributed by atoms with Crippen molar-refractivity contribution in [2.24, 2.45) is 0 Å². The zero-order valence-electron chi connectivity index (χ0n) is 8.60. The molecule has 1 rings (SSSR count). The lowest BCUT2D eigenvalue weighted by molar-refractivity contribution is 0.430. The number of nitriles is 1. The van der Waals surface area contributed by atoms with Gasteiger partial charge in [0.25, 0.3) is 10.0 Å². The molecule has 1 unspecified atom stereocenters. The molecule has 0 saturated carbocycles. The summed E-state index contributed by atoms with van der Waals surface area (Å²) in [7, 11) is -3.72. The minimum atomic E-state index is -3.72. The van der Waals surface area contributed by atoms with Crippen molar-refractivity contribution in [2.45, 2.75) is 26.0 Å². The Morgan fingerprint density at radius 3 is 2.53 bits per heavy atom. The van der Waals surface area contributed by atoms with Crippen LogP contribution in [-0.4, -0.2) is 18.8 Å². The first-order valence-corrected chi connectivity index (χ1v) is 5.77. The number of nitrogens with zero attached hydrogens (tertiary/aromatic N) is 2. The summed E-state index contributed by atoms with van der Waals surface area (Å²) in [5.41, 5.74) is 1.22. The Hall–Kier alpha value is -1.55. The summed E-state index contributed by atoms with van der Waals surface area (Å²) in [4.78, 5) is 0. The van der Waals surface area contributed by atoms with Crippen LogP contribution in [0.2, 0.25) is 0 Å². The highest BCUT2D eigenvalue weighted by Crippen LogP contribution is 2.19. The number of hydrogen-bond donors (Lipinski definition) is 1. The fraction of sp³-hybridized carbons (Fsp3) is 0.500. The van der Waals surface area contributed by atoms with Crippen molar-refractivity contribution in [3.05, 3.63) is 11.3 Å². The fourth-order valence-corrected chi connectivity index (χ4v) is 1.56. The highest BCUT2D eigenvalue weighted by atomic mass is 32.2. The van der Waals surface area contributed by atoms with Gasteiger partial charge in [0.1, 0.15) is 0 Å². The van der Waals surface area contributed by atoms with E-state index in [9.17, 15) is 8.42 Å². The van der Waals surface area contributed by atoms with Gasteiger partial charge in [-0.2, -0.15) is 5.26 Å². The van der Waals surface area contributed by atoms with Crippen LogP contribution < -0.4 is 4.72 Å². The second kappa shape index (κ2) is 3.90. The Bertz CT molecular complexity index is 498. The van der Waals surface area contributed by atoms with Crippen LogP contribution in [0.15, 0.2) is 4.52 Å². The SMILES string of the molecule is Cc1noc(NS(=O)(=O)C(C)C#N)c1C. The van der Waals surface area contributed by atoms with Crippen molar-refractivity contribution in [1.82, 2.24) is 5.16 Å². The molecular formula is C8H11N3O3S. The smallest absolute Gasteiger partial charge is 0.251 e. The van der Waals surface area contributed by atoms with E-state index in [1.807, 2.05) is 0 Å². The minimum absolute atomic E-state index is 0.0644. The van der Waals surface area contributed by atoms with E-state index in [2.05, 4.69) is 9.88 Å². The maximum atomic E-state index is 11.5. The Kier molecular flexibility index (Phi) is 3.00. The van der Waals surface area contributed by atoms with E-state index < -0.39 is 15.3 Å². The molecule has 0 aliphatic carbocycles. The lowest BCUT2D eigenvalue weighted by atomic mass is 10.3. The maximum absolute atomic E-state index is 11.5. The first kappa shape index (κ1) is 11.5. The van der Waals surface area contributed by atoms with Gasteiger partial charge in [0.15, 0.2) is 5.25 Å². The molecule has 0 bridgehead atoms. The molecule has 1 heterocycles.